The minimum absolute atomic E-state index is 0.294. The first-order valence-corrected chi connectivity index (χ1v) is 5.35. The molecule has 0 aliphatic heterocycles. The van der Waals surface area contributed by atoms with Crippen LogP contribution in [-0.2, 0) is 11.8 Å². The van der Waals surface area contributed by atoms with E-state index in [0.717, 1.165) is 5.69 Å². The van der Waals surface area contributed by atoms with Gasteiger partial charge in [0, 0.05) is 13.7 Å². The molecule has 1 heterocycles. The van der Waals surface area contributed by atoms with E-state index in [4.69, 9.17) is 22.1 Å². The zero-order valence-electron chi connectivity index (χ0n) is 9.62. The molecule has 1 aromatic rings. The first-order chi connectivity index (χ1) is 6.90. The van der Waals surface area contributed by atoms with E-state index in [9.17, 15) is 0 Å². The number of nitrogens with two attached hydrogens (primary N) is 1. The minimum atomic E-state index is -0.452. The van der Waals surface area contributed by atoms with Crippen LogP contribution in [0.5, 0.6) is 0 Å². The van der Waals surface area contributed by atoms with Crippen molar-refractivity contribution in [1.82, 2.24) is 9.78 Å². The summed E-state index contributed by atoms with van der Waals surface area (Å²) in [5.74, 6) is 0. The van der Waals surface area contributed by atoms with Gasteiger partial charge in [-0.25, -0.2) is 0 Å². The molecular weight excluding hydrogens is 214 g/mol. The lowest BCUT2D eigenvalue weighted by Gasteiger charge is -2.31. The molecule has 1 aromatic heterocycles. The lowest BCUT2D eigenvalue weighted by Crippen LogP contribution is -2.39. The Bertz CT molecular complexity index is 316. The average Bonchev–Trinajstić information content (AvgIpc) is 2.45. The molecule has 15 heavy (non-hydrogen) atoms. The molecule has 0 aromatic carbocycles. The number of halogens is 1. The summed E-state index contributed by atoms with van der Waals surface area (Å²) < 4.78 is 7.29. The summed E-state index contributed by atoms with van der Waals surface area (Å²) in [6, 6.07) is -0.294. The van der Waals surface area contributed by atoms with Crippen molar-refractivity contribution >= 4 is 11.6 Å². The summed E-state index contributed by atoms with van der Waals surface area (Å²) in [5, 5.41) is 4.64. The summed E-state index contributed by atoms with van der Waals surface area (Å²) in [5.41, 5.74) is 6.48. The van der Waals surface area contributed by atoms with E-state index < -0.39 is 5.60 Å². The predicted molar refractivity (Wildman–Crippen MR) is 60.9 cm³/mol. The molecule has 1 rings (SSSR count). The fraction of sp³-hybridized carbons (Fsp3) is 0.700. The van der Waals surface area contributed by atoms with Gasteiger partial charge in [0.05, 0.1) is 28.6 Å². The molecule has 0 saturated carbocycles. The average molecular weight is 232 g/mol. The predicted octanol–water partition coefficient (Wildman–Crippen LogP) is 1.89. The summed E-state index contributed by atoms with van der Waals surface area (Å²) in [4.78, 5) is 0. The number of rotatable bonds is 4. The number of ether oxygens (including phenoxy) is 1. The van der Waals surface area contributed by atoms with E-state index in [1.807, 2.05) is 27.8 Å². The Hall–Kier alpha value is -0.580. The van der Waals surface area contributed by atoms with E-state index in [2.05, 4.69) is 5.10 Å². The normalized spacial score (nSPS) is 14.3. The summed E-state index contributed by atoms with van der Waals surface area (Å²) in [6.45, 7) is 6.46. The van der Waals surface area contributed by atoms with Gasteiger partial charge >= 0.3 is 0 Å². The van der Waals surface area contributed by atoms with E-state index in [-0.39, 0.29) is 6.04 Å². The molecule has 0 radical (unpaired) electrons. The molecule has 5 heteroatoms. The smallest absolute Gasteiger partial charge is 0.0835 e. The monoisotopic (exact) mass is 231 g/mol. The van der Waals surface area contributed by atoms with Gasteiger partial charge in [-0.05, 0) is 20.8 Å². The van der Waals surface area contributed by atoms with Crippen LogP contribution in [0.2, 0.25) is 5.02 Å². The topological polar surface area (TPSA) is 53.1 Å². The molecule has 0 spiro atoms. The van der Waals surface area contributed by atoms with Gasteiger partial charge in [-0.2, -0.15) is 5.10 Å². The number of nitrogens with zero attached hydrogens (tertiary/aromatic N) is 2. The van der Waals surface area contributed by atoms with E-state index in [1.165, 1.54) is 0 Å². The molecule has 2 N–H and O–H groups in total. The van der Waals surface area contributed by atoms with Crippen LogP contribution in [0.1, 0.15) is 32.5 Å². The molecule has 0 fully saturated rings. The van der Waals surface area contributed by atoms with Gasteiger partial charge in [-0.15, -0.1) is 0 Å². The van der Waals surface area contributed by atoms with Crippen molar-refractivity contribution in [2.45, 2.75) is 32.4 Å². The third kappa shape index (κ3) is 2.51. The van der Waals surface area contributed by atoms with Crippen molar-refractivity contribution < 1.29 is 4.74 Å². The Balaban J connectivity index is 2.98. The van der Waals surface area contributed by atoms with Crippen LogP contribution in [0.15, 0.2) is 6.20 Å². The highest BCUT2D eigenvalue weighted by atomic mass is 35.5. The van der Waals surface area contributed by atoms with Gasteiger partial charge in [-0.1, -0.05) is 11.6 Å². The maximum absolute atomic E-state index is 6.13. The molecule has 0 amide bonds. The van der Waals surface area contributed by atoms with Crippen molar-refractivity contribution in [2.75, 3.05) is 6.61 Å². The molecule has 4 nitrogen and oxygen atoms in total. The number of hydrogen-bond donors (Lipinski definition) is 1. The summed E-state index contributed by atoms with van der Waals surface area (Å²) in [6.07, 6.45) is 1.60. The number of aromatic nitrogens is 2. The van der Waals surface area contributed by atoms with Crippen LogP contribution in [0, 0.1) is 0 Å². The largest absolute Gasteiger partial charge is 0.374 e. The maximum Gasteiger partial charge on any atom is 0.0835 e. The van der Waals surface area contributed by atoms with E-state index in [0.29, 0.717) is 11.6 Å². The SMILES string of the molecule is CCOC(C)(C)C(N)c1c(Cl)cnn1C. The molecule has 1 unspecified atom stereocenters. The van der Waals surface area contributed by atoms with Crippen LogP contribution in [0.4, 0.5) is 0 Å². The van der Waals surface area contributed by atoms with Gasteiger partial charge in [-0.3, -0.25) is 4.68 Å². The third-order valence-electron chi connectivity index (χ3n) is 2.50. The maximum atomic E-state index is 6.13. The first kappa shape index (κ1) is 12.5. The Morgan fingerprint density at radius 2 is 2.27 bits per heavy atom. The number of aryl methyl sites for hydroxylation is 1. The highest BCUT2D eigenvalue weighted by Gasteiger charge is 2.31. The zero-order chi connectivity index (χ0) is 11.6. The van der Waals surface area contributed by atoms with Crippen LogP contribution in [0.25, 0.3) is 0 Å². The second-order valence-corrected chi connectivity index (χ2v) is 4.42. The van der Waals surface area contributed by atoms with Crippen LogP contribution in [0.3, 0.4) is 0 Å². The Morgan fingerprint density at radius 3 is 2.67 bits per heavy atom. The molecule has 86 valence electrons. The third-order valence-corrected chi connectivity index (χ3v) is 2.79. The number of hydrogen-bond acceptors (Lipinski definition) is 3. The van der Waals surface area contributed by atoms with Gasteiger partial charge in [0.15, 0.2) is 0 Å². The van der Waals surface area contributed by atoms with Crippen molar-refractivity contribution in [3.8, 4) is 0 Å². The zero-order valence-corrected chi connectivity index (χ0v) is 10.4. The molecule has 0 bridgehead atoms. The van der Waals surface area contributed by atoms with E-state index in [1.54, 1.807) is 10.9 Å². The van der Waals surface area contributed by atoms with Crippen LogP contribution in [-0.4, -0.2) is 22.0 Å². The van der Waals surface area contributed by atoms with Crippen molar-refractivity contribution in [1.29, 1.82) is 0 Å². The summed E-state index contributed by atoms with van der Waals surface area (Å²) >= 11 is 6.03. The van der Waals surface area contributed by atoms with E-state index >= 15 is 0 Å². The highest BCUT2D eigenvalue weighted by Crippen LogP contribution is 2.30. The Labute approximate surface area is 95.3 Å². The van der Waals surface area contributed by atoms with Crippen molar-refractivity contribution in [3.05, 3.63) is 16.9 Å². The Morgan fingerprint density at radius 1 is 1.67 bits per heavy atom. The van der Waals surface area contributed by atoms with Crippen LogP contribution < -0.4 is 5.73 Å². The quantitative estimate of drug-likeness (QED) is 0.861. The molecule has 0 saturated heterocycles. The molecule has 1 atom stereocenters. The fourth-order valence-corrected chi connectivity index (χ4v) is 1.84. The first-order valence-electron chi connectivity index (χ1n) is 4.97. The molecule has 0 aliphatic carbocycles. The minimum Gasteiger partial charge on any atom is -0.374 e. The second-order valence-electron chi connectivity index (χ2n) is 4.02. The molecular formula is C10H18ClN3O. The second kappa shape index (κ2) is 4.51. The lowest BCUT2D eigenvalue weighted by molar-refractivity contribution is -0.0314. The highest BCUT2D eigenvalue weighted by molar-refractivity contribution is 6.31. The standard InChI is InChI=1S/C10H18ClN3O/c1-5-15-10(2,3)9(12)8-7(11)6-13-14(8)4/h6,9H,5,12H2,1-4H3. The van der Waals surface area contributed by atoms with Gasteiger partial charge in [0.2, 0.25) is 0 Å². The van der Waals surface area contributed by atoms with Crippen molar-refractivity contribution in [3.63, 3.8) is 0 Å². The van der Waals surface area contributed by atoms with Crippen molar-refractivity contribution in [2.24, 2.45) is 12.8 Å². The Kier molecular flexibility index (Phi) is 3.76. The lowest BCUT2D eigenvalue weighted by atomic mass is 9.96. The van der Waals surface area contributed by atoms with Gasteiger partial charge in [0.1, 0.15) is 0 Å². The van der Waals surface area contributed by atoms with Gasteiger partial charge in [0.25, 0.3) is 0 Å². The van der Waals surface area contributed by atoms with Gasteiger partial charge < -0.3 is 10.5 Å². The molecule has 0 aliphatic rings. The summed E-state index contributed by atoms with van der Waals surface area (Å²) in [7, 11) is 1.82. The fourth-order valence-electron chi connectivity index (χ4n) is 1.56. The van der Waals surface area contributed by atoms with Crippen LogP contribution >= 0.6 is 11.6 Å².